The lowest BCUT2D eigenvalue weighted by molar-refractivity contribution is 0.0828. The fourth-order valence-electron chi connectivity index (χ4n) is 2.79. The first-order chi connectivity index (χ1) is 8.81. The maximum atomic E-state index is 12.0. The zero-order valence-electron chi connectivity index (χ0n) is 10.3. The second kappa shape index (κ2) is 4.98. The number of benzene rings is 1. The van der Waals surface area contributed by atoms with E-state index in [-0.39, 0.29) is 6.09 Å². The number of hydrogen-bond acceptors (Lipinski definition) is 3. The van der Waals surface area contributed by atoms with E-state index in [4.69, 9.17) is 4.74 Å². The smallest absolute Gasteiger partial charge is 0.410 e. The van der Waals surface area contributed by atoms with Crippen LogP contribution in [0.25, 0.3) is 0 Å². The Bertz CT molecular complexity index is 409. The SMILES string of the molecule is O=C(OCc1ccccc1)N1CC2CNC(C2)C1. The van der Waals surface area contributed by atoms with Crippen molar-refractivity contribution in [3.8, 4) is 0 Å². The minimum atomic E-state index is -0.183. The minimum Gasteiger partial charge on any atom is -0.445 e. The summed E-state index contributed by atoms with van der Waals surface area (Å²) >= 11 is 0. The van der Waals surface area contributed by atoms with Crippen LogP contribution in [-0.4, -0.2) is 36.7 Å². The first kappa shape index (κ1) is 11.5. The highest BCUT2D eigenvalue weighted by Gasteiger charge is 2.35. The van der Waals surface area contributed by atoms with E-state index in [1.807, 2.05) is 35.2 Å². The zero-order chi connectivity index (χ0) is 12.4. The predicted octanol–water partition coefficient (Wildman–Crippen LogP) is 1.62. The Labute approximate surface area is 107 Å². The molecule has 1 aromatic rings. The second-order valence-electron chi connectivity index (χ2n) is 5.15. The molecule has 2 aliphatic rings. The maximum Gasteiger partial charge on any atom is 0.410 e. The molecule has 4 nitrogen and oxygen atoms in total. The van der Waals surface area contributed by atoms with Crippen molar-refractivity contribution in [3.63, 3.8) is 0 Å². The van der Waals surface area contributed by atoms with E-state index < -0.39 is 0 Å². The number of amides is 1. The van der Waals surface area contributed by atoms with E-state index in [2.05, 4.69) is 5.32 Å². The van der Waals surface area contributed by atoms with Gasteiger partial charge in [-0.3, -0.25) is 0 Å². The number of fused-ring (bicyclic) bond motifs is 2. The van der Waals surface area contributed by atoms with Crippen molar-refractivity contribution < 1.29 is 9.53 Å². The Morgan fingerprint density at radius 1 is 1.33 bits per heavy atom. The number of carbonyl (C=O) groups excluding carboxylic acids is 1. The molecule has 2 heterocycles. The van der Waals surface area contributed by atoms with Gasteiger partial charge in [0, 0.05) is 25.7 Å². The van der Waals surface area contributed by atoms with Gasteiger partial charge in [-0.2, -0.15) is 0 Å². The average Bonchev–Trinajstić information content (AvgIpc) is 2.76. The van der Waals surface area contributed by atoms with Crippen LogP contribution in [0.15, 0.2) is 30.3 Å². The number of ether oxygens (including phenoxy) is 1. The van der Waals surface area contributed by atoms with Crippen LogP contribution in [0.5, 0.6) is 0 Å². The Morgan fingerprint density at radius 2 is 2.17 bits per heavy atom. The van der Waals surface area contributed by atoms with Crippen molar-refractivity contribution in [1.29, 1.82) is 0 Å². The number of likely N-dealkylation sites (tertiary alicyclic amines) is 1. The molecule has 0 radical (unpaired) electrons. The highest BCUT2D eigenvalue weighted by atomic mass is 16.6. The van der Waals surface area contributed by atoms with Gasteiger partial charge in [-0.1, -0.05) is 30.3 Å². The molecule has 4 heteroatoms. The van der Waals surface area contributed by atoms with Gasteiger partial charge in [-0.05, 0) is 17.9 Å². The summed E-state index contributed by atoms with van der Waals surface area (Å²) in [6, 6.07) is 10.3. The Morgan fingerprint density at radius 3 is 2.94 bits per heavy atom. The molecule has 0 aliphatic carbocycles. The first-order valence-corrected chi connectivity index (χ1v) is 6.50. The molecule has 3 rings (SSSR count). The summed E-state index contributed by atoms with van der Waals surface area (Å²) in [6.07, 6.45) is 1.01. The third-order valence-corrected chi connectivity index (χ3v) is 3.70. The fourth-order valence-corrected chi connectivity index (χ4v) is 2.79. The molecule has 2 unspecified atom stereocenters. The monoisotopic (exact) mass is 246 g/mol. The molecular weight excluding hydrogens is 228 g/mol. The van der Waals surface area contributed by atoms with Crippen molar-refractivity contribution in [2.75, 3.05) is 19.6 Å². The average molecular weight is 246 g/mol. The van der Waals surface area contributed by atoms with Gasteiger partial charge in [0.05, 0.1) is 0 Å². The molecule has 0 saturated carbocycles. The molecule has 2 fully saturated rings. The molecule has 0 aromatic heterocycles. The molecule has 2 aliphatic heterocycles. The van der Waals surface area contributed by atoms with E-state index in [1.54, 1.807) is 0 Å². The molecule has 2 bridgehead atoms. The summed E-state index contributed by atoms with van der Waals surface area (Å²) in [4.78, 5) is 13.8. The van der Waals surface area contributed by atoms with Gasteiger partial charge < -0.3 is 15.0 Å². The second-order valence-corrected chi connectivity index (χ2v) is 5.15. The number of carbonyl (C=O) groups is 1. The number of nitrogens with zero attached hydrogens (tertiary/aromatic N) is 1. The number of nitrogens with one attached hydrogen (secondary N) is 1. The summed E-state index contributed by atoms with van der Waals surface area (Å²) in [5.74, 6) is 0.605. The summed E-state index contributed by atoms with van der Waals surface area (Å²) in [6.45, 7) is 3.01. The Balaban J connectivity index is 1.53. The van der Waals surface area contributed by atoms with Gasteiger partial charge in [-0.15, -0.1) is 0 Å². The summed E-state index contributed by atoms with van der Waals surface area (Å²) < 4.78 is 5.35. The largest absolute Gasteiger partial charge is 0.445 e. The van der Waals surface area contributed by atoms with Crippen LogP contribution in [0.1, 0.15) is 12.0 Å². The van der Waals surface area contributed by atoms with Crippen molar-refractivity contribution in [2.24, 2.45) is 5.92 Å². The molecule has 0 spiro atoms. The molecule has 1 amide bonds. The third-order valence-electron chi connectivity index (χ3n) is 3.70. The predicted molar refractivity (Wildman–Crippen MR) is 68.1 cm³/mol. The summed E-state index contributed by atoms with van der Waals surface area (Å²) in [7, 11) is 0. The number of rotatable bonds is 2. The van der Waals surface area contributed by atoms with E-state index in [1.165, 1.54) is 6.42 Å². The van der Waals surface area contributed by atoms with E-state index in [9.17, 15) is 4.79 Å². The zero-order valence-corrected chi connectivity index (χ0v) is 10.3. The van der Waals surface area contributed by atoms with E-state index >= 15 is 0 Å². The number of hydrogen-bond donors (Lipinski definition) is 1. The van der Waals surface area contributed by atoms with Gasteiger partial charge >= 0.3 is 6.09 Å². The normalized spacial score (nSPS) is 26.1. The summed E-state index contributed by atoms with van der Waals surface area (Å²) in [5.41, 5.74) is 1.03. The standard InChI is InChI=1S/C14H18N2O2/c17-14(18-10-11-4-2-1-3-5-11)16-8-12-6-13(9-16)15-7-12/h1-5,12-13,15H,6-10H2. The topological polar surface area (TPSA) is 41.6 Å². The highest BCUT2D eigenvalue weighted by molar-refractivity contribution is 5.68. The van der Waals surface area contributed by atoms with Crippen molar-refractivity contribution in [3.05, 3.63) is 35.9 Å². The van der Waals surface area contributed by atoms with Crippen LogP contribution in [0.2, 0.25) is 0 Å². The van der Waals surface area contributed by atoms with Gasteiger partial charge in [0.1, 0.15) is 6.61 Å². The van der Waals surface area contributed by atoms with Gasteiger partial charge in [0.25, 0.3) is 0 Å². The molecule has 2 atom stereocenters. The maximum absolute atomic E-state index is 12.0. The third kappa shape index (κ3) is 2.48. The molecule has 1 aromatic carbocycles. The lowest BCUT2D eigenvalue weighted by atomic mass is 10.0. The first-order valence-electron chi connectivity index (χ1n) is 6.50. The van der Waals surface area contributed by atoms with Crippen LogP contribution < -0.4 is 5.32 Å². The molecular formula is C14H18N2O2. The molecule has 1 N–H and O–H groups in total. The van der Waals surface area contributed by atoms with Crippen LogP contribution in [0, 0.1) is 5.92 Å². The van der Waals surface area contributed by atoms with Crippen LogP contribution >= 0.6 is 0 Å². The lowest BCUT2D eigenvalue weighted by Gasteiger charge is -2.30. The van der Waals surface area contributed by atoms with Crippen LogP contribution in [0.3, 0.4) is 0 Å². The number of piperidine rings is 1. The minimum absolute atomic E-state index is 0.183. The van der Waals surface area contributed by atoms with E-state index in [0.717, 1.165) is 25.2 Å². The van der Waals surface area contributed by atoms with Crippen LogP contribution in [-0.2, 0) is 11.3 Å². The van der Waals surface area contributed by atoms with Crippen LogP contribution in [0.4, 0.5) is 4.79 Å². The molecule has 18 heavy (non-hydrogen) atoms. The quantitative estimate of drug-likeness (QED) is 0.862. The molecule has 2 saturated heterocycles. The van der Waals surface area contributed by atoms with Crippen molar-refractivity contribution in [2.45, 2.75) is 19.1 Å². The summed E-state index contributed by atoms with van der Waals surface area (Å²) in [5, 5.41) is 3.43. The lowest BCUT2D eigenvalue weighted by Crippen LogP contribution is -2.44. The Kier molecular flexibility index (Phi) is 3.19. The fraction of sp³-hybridized carbons (Fsp3) is 0.500. The van der Waals surface area contributed by atoms with Crippen molar-refractivity contribution in [1.82, 2.24) is 10.2 Å². The highest BCUT2D eigenvalue weighted by Crippen LogP contribution is 2.22. The Hall–Kier alpha value is -1.55. The van der Waals surface area contributed by atoms with E-state index in [0.29, 0.717) is 18.6 Å². The van der Waals surface area contributed by atoms with Crippen molar-refractivity contribution >= 4 is 6.09 Å². The van der Waals surface area contributed by atoms with Gasteiger partial charge in [0.2, 0.25) is 0 Å². The molecule has 96 valence electrons. The van der Waals surface area contributed by atoms with Gasteiger partial charge in [0.15, 0.2) is 0 Å². The van der Waals surface area contributed by atoms with Gasteiger partial charge in [-0.25, -0.2) is 4.79 Å².